The predicted octanol–water partition coefficient (Wildman–Crippen LogP) is 3.91. The maximum Gasteiger partial charge on any atom is 0.270 e. The molecular weight excluding hydrogens is 450 g/mol. The lowest BCUT2D eigenvalue weighted by Crippen LogP contribution is -2.44. The lowest BCUT2D eigenvalue weighted by atomic mass is 9.95. The van der Waals surface area contributed by atoms with Crippen LogP contribution >= 0.6 is 11.3 Å². The van der Waals surface area contributed by atoms with Crippen LogP contribution in [0.2, 0.25) is 0 Å². The Bertz CT molecular complexity index is 1160. The van der Waals surface area contributed by atoms with Gasteiger partial charge in [-0.1, -0.05) is 12.1 Å². The molecule has 34 heavy (non-hydrogen) atoms. The maximum atomic E-state index is 13.5. The number of benzene rings is 1. The van der Waals surface area contributed by atoms with E-state index in [1.54, 1.807) is 18.4 Å². The van der Waals surface area contributed by atoms with Crippen molar-refractivity contribution in [1.29, 1.82) is 0 Å². The monoisotopic (exact) mass is 481 g/mol. The average molecular weight is 482 g/mol. The van der Waals surface area contributed by atoms with E-state index in [-0.39, 0.29) is 23.8 Å². The molecule has 8 heteroatoms. The summed E-state index contributed by atoms with van der Waals surface area (Å²) in [5.41, 5.74) is 1.78. The second-order valence-corrected chi connectivity index (χ2v) is 9.99. The van der Waals surface area contributed by atoms with E-state index < -0.39 is 0 Å². The van der Waals surface area contributed by atoms with Gasteiger partial charge in [0.25, 0.3) is 5.91 Å². The molecule has 3 aromatic rings. The first kappa shape index (κ1) is 22.9. The SMILES string of the molecule is COc1cccc(Cn2c(C(=O)N3CCC(C(=O)NCC4CCCO4)CC3)cc3ccsc32)c1. The molecule has 2 aliphatic heterocycles. The second-order valence-electron chi connectivity index (χ2n) is 9.10. The fraction of sp³-hybridized carbons (Fsp3) is 0.462. The van der Waals surface area contributed by atoms with Gasteiger partial charge in [0.1, 0.15) is 16.3 Å². The fourth-order valence-corrected chi connectivity index (χ4v) is 5.83. The van der Waals surface area contributed by atoms with Crippen molar-refractivity contribution < 1.29 is 19.1 Å². The van der Waals surface area contributed by atoms with Crippen LogP contribution in [0.4, 0.5) is 0 Å². The molecule has 1 aromatic carbocycles. The van der Waals surface area contributed by atoms with Crippen molar-refractivity contribution >= 4 is 33.4 Å². The summed E-state index contributed by atoms with van der Waals surface area (Å²) >= 11 is 1.65. The summed E-state index contributed by atoms with van der Waals surface area (Å²) < 4.78 is 13.1. The van der Waals surface area contributed by atoms with E-state index in [1.165, 1.54) is 0 Å². The summed E-state index contributed by atoms with van der Waals surface area (Å²) in [6, 6.07) is 12.0. The first-order valence-electron chi connectivity index (χ1n) is 12.0. The van der Waals surface area contributed by atoms with Crippen molar-refractivity contribution in [3.8, 4) is 5.75 Å². The Hall–Kier alpha value is -2.84. The van der Waals surface area contributed by atoms with Crippen LogP contribution in [0.15, 0.2) is 41.8 Å². The smallest absolute Gasteiger partial charge is 0.270 e. The number of hydrogen-bond donors (Lipinski definition) is 1. The molecule has 0 bridgehead atoms. The van der Waals surface area contributed by atoms with Crippen LogP contribution in [-0.2, 0) is 16.1 Å². The molecule has 180 valence electrons. The topological polar surface area (TPSA) is 72.8 Å². The number of ether oxygens (including phenoxy) is 2. The van der Waals surface area contributed by atoms with E-state index >= 15 is 0 Å². The number of fused-ring (bicyclic) bond motifs is 1. The normalized spacial score (nSPS) is 19.0. The summed E-state index contributed by atoms with van der Waals surface area (Å²) in [5, 5.41) is 6.19. The first-order valence-corrected chi connectivity index (χ1v) is 12.9. The Morgan fingerprint density at radius 3 is 2.79 bits per heavy atom. The van der Waals surface area contributed by atoms with Crippen LogP contribution in [-0.4, -0.2) is 60.7 Å². The van der Waals surface area contributed by atoms with Gasteiger partial charge in [0, 0.05) is 44.1 Å². The molecule has 2 amide bonds. The number of amides is 2. The largest absolute Gasteiger partial charge is 0.497 e. The fourth-order valence-electron chi connectivity index (χ4n) is 4.93. The van der Waals surface area contributed by atoms with Crippen molar-refractivity contribution in [2.45, 2.75) is 38.3 Å². The number of nitrogens with one attached hydrogen (secondary N) is 1. The maximum absolute atomic E-state index is 13.5. The summed E-state index contributed by atoms with van der Waals surface area (Å²) in [6.45, 7) is 3.17. The van der Waals surface area contributed by atoms with Gasteiger partial charge in [-0.05, 0) is 60.9 Å². The van der Waals surface area contributed by atoms with E-state index in [0.29, 0.717) is 44.7 Å². The Morgan fingerprint density at radius 1 is 1.18 bits per heavy atom. The van der Waals surface area contributed by atoms with Crippen molar-refractivity contribution in [2.75, 3.05) is 33.4 Å². The molecule has 2 aliphatic rings. The lowest BCUT2D eigenvalue weighted by molar-refractivity contribution is -0.126. The number of rotatable bonds is 7. The second kappa shape index (κ2) is 10.2. The number of nitrogens with zero attached hydrogens (tertiary/aromatic N) is 2. The Balaban J connectivity index is 1.25. The van der Waals surface area contributed by atoms with E-state index in [0.717, 1.165) is 41.0 Å². The third-order valence-corrected chi connectivity index (χ3v) is 7.83. The molecular formula is C26H31N3O4S. The van der Waals surface area contributed by atoms with Crippen LogP contribution < -0.4 is 10.1 Å². The third-order valence-electron chi connectivity index (χ3n) is 6.88. The summed E-state index contributed by atoms with van der Waals surface area (Å²) in [4.78, 5) is 29.1. The molecule has 0 spiro atoms. The van der Waals surface area contributed by atoms with E-state index in [9.17, 15) is 9.59 Å². The van der Waals surface area contributed by atoms with Gasteiger partial charge in [0.15, 0.2) is 0 Å². The summed E-state index contributed by atoms with van der Waals surface area (Å²) in [6.07, 6.45) is 3.61. The molecule has 2 aromatic heterocycles. The molecule has 5 rings (SSSR count). The zero-order chi connectivity index (χ0) is 23.5. The Labute approximate surface area is 203 Å². The van der Waals surface area contributed by atoms with Gasteiger partial charge in [0.2, 0.25) is 5.91 Å². The van der Waals surface area contributed by atoms with E-state index in [4.69, 9.17) is 9.47 Å². The van der Waals surface area contributed by atoms with Crippen LogP contribution in [0, 0.1) is 5.92 Å². The van der Waals surface area contributed by atoms with Crippen LogP contribution in [0.3, 0.4) is 0 Å². The number of carbonyl (C=O) groups excluding carboxylic acids is 2. The number of hydrogen-bond acceptors (Lipinski definition) is 5. The Morgan fingerprint density at radius 2 is 2.03 bits per heavy atom. The van der Waals surface area contributed by atoms with Crippen LogP contribution in [0.5, 0.6) is 5.75 Å². The molecule has 0 radical (unpaired) electrons. The van der Waals surface area contributed by atoms with Crippen molar-refractivity contribution in [1.82, 2.24) is 14.8 Å². The molecule has 1 N–H and O–H groups in total. The summed E-state index contributed by atoms with van der Waals surface area (Å²) in [5.74, 6) is 0.881. The van der Waals surface area contributed by atoms with E-state index in [1.807, 2.05) is 29.2 Å². The number of likely N-dealkylation sites (tertiary alicyclic amines) is 1. The molecule has 0 saturated carbocycles. The number of aromatic nitrogens is 1. The van der Waals surface area contributed by atoms with Crippen molar-refractivity contribution in [3.05, 3.63) is 53.0 Å². The van der Waals surface area contributed by atoms with Gasteiger partial charge in [-0.3, -0.25) is 9.59 Å². The van der Waals surface area contributed by atoms with Crippen LogP contribution in [0.25, 0.3) is 10.2 Å². The van der Waals surface area contributed by atoms with Crippen molar-refractivity contribution in [2.24, 2.45) is 5.92 Å². The Kier molecular flexibility index (Phi) is 6.87. The highest BCUT2D eigenvalue weighted by Crippen LogP contribution is 2.29. The molecule has 2 saturated heterocycles. The summed E-state index contributed by atoms with van der Waals surface area (Å²) in [7, 11) is 1.66. The lowest BCUT2D eigenvalue weighted by Gasteiger charge is -2.31. The van der Waals surface area contributed by atoms with Gasteiger partial charge in [0.05, 0.1) is 13.2 Å². The minimum Gasteiger partial charge on any atom is -0.497 e. The van der Waals surface area contributed by atoms with Crippen LogP contribution in [0.1, 0.15) is 41.7 Å². The molecule has 1 atom stereocenters. The first-order chi connectivity index (χ1) is 16.6. The van der Waals surface area contributed by atoms with Gasteiger partial charge in [-0.2, -0.15) is 0 Å². The number of thiophene rings is 1. The molecule has 4 heterocycles. The average Bonchev–Trinajstić information content (AvgIpc) is 3.62. The van der Waals surface area contributed by atoms with Gasteiger partial charge >= 0.3 is 0 Å². The standard InChI is InChI=1S/C26H31N3O4S/c1-32-21-5-2-4-18(14-21)17-29-23(15-20-9-13-34-26(20)29)25(31)28-10-7-19(8-11-28)24(30)27-16-22-6-3-12-33-22/h2,4-5,9,13-15,19,22H,3,6-8,10-12,16-17H2,1H3,(H,27,30). The minimum absolute atomic E-state index is 0.0320. The predicted molar refractivity (Wildman–Crippen MR) is 133 cm³/mol. The molecule has 1 unspecified atom stereocenters. The van der Waals surface area contributed by atoms with Gasteiger partial charge < -0.3 is 24.3 Å². The third kappa shape index (κ3) is 4.83. The zero-order valence-corrected chi connectivity index (χ0v) is 20.3. The minimum atomic E-state index is -0.0440. The zero-order valence-electron chi connectivity index (χ0n) is 19.5. The van der Waals surface area contributed by atoms with Gasteiger partial charge in [-0.25, -0.2) is 0 Å². The molecule has 0 aliphatic carbocycles. The van der Waals surface area contributed by atoms with Gasteiger partial charge in [-0.15, -0.1) is 11.3 Å². The number of piperidine rings is 1. The highest BCUT2D eigenvalue weighted by molar-refractivity contribution is 7.16. The highest BCUT2D eigenvalue weighted by atomic mass is 32.1. The van der Waals surface area contributed by atoms with E-state index in [2.05, 4.69) is 27.4 Å². The van der Waals surface area contributed by atoms with Crippen molar-refractivity contribution in [3.63, 3.8) is 0 Å². The number of methoxy groups -OCH3 is 1. The quantitative estimate of drug-likeness (QED) is 0.555. The molecule has 7 nitrogen and oxygen atoms in total. The number of carbonyl (C=O) groups is 2. The highest BCUT2D eigenvalue weighted by Gasteiger charge is 2.30. The molecule has 2 fully saturated rings.